The Hall–Kier alpha value is -0.900. The lowest BCUT2D eigenvalue weighted by atomic mass is 10.3. The zero-order valence-electron chi connectivity index (χ0n) is 14.9. The summed E-state index contributed by atoms with van der Waals surface area (Å²) >= 11 is 0. The van der Waals surface area contributed by atoms with Crippen molar-refractivity contribution in [3.63, 3.8) is 0 Å². The molecule has 0 bridgehead atoms. The van der Waals surface area contributed by atoms with Crippen molar-refractivity contribution in [1.29, 1.82) is 0 Å². The summed E-state index contributed by atoms with van der Waals surface area (Å²) in [5.74, 6) is 0.819. The van der Waals surface area contributed by atoms with Crippen LogP contribution in [-0.4, -0.2) is 86.8 Å². The van der Waals surface area contributed by atoms with Crippen LogP contribution in [0.25, 0.3) is 0 Å². The minimum atomic E-state index is 0. The topological polar surface area (TPSA) is 82.6 Å². The van der Waals surface area contributed by atoms with E-state index in [9.17, 15) is 4.79 Å². The Bertz CT molecular complexity index is 464. The summed E-state index contributed by atoms with van der Waals surface area (Å²) in [4.78, 5) is 24.7. The number of carbonyl (C=O) groups is 1. The van der Waals surface area contributed by atoms with Crippen LogP contribution in [0, 0.1) is 0 Å². The summed E-state index contributed by atoms with van der Waals surface area (Å²) in [5.41, 5.74) is 0. The van der Waals surface area contributed by atoms with E-state index in [1.807, 2.05) is 6.07 Å². The van der Waals surface area contributed by atoms with Crippen molar-refractivity contribution < 1.29 is 9.53 Å². The van der Waals surface area contributed by atoms with Crippen LogP contribution in [0.2, 0.25) is 0 Å². The molecule has 1 aromatic rings. The van der Waals surface area contributed by atoms with Crippen molar-refractivity contribution in [3.8, 4) is 0 Å². The average Bonchev–Trinajstić information content (AvgIpc) is 2.60. The zero-order valence-corrected chi connectivity index (χ0v) is 17.4. The lowest BCUT2D eigenvalue weighted by Gasteiger charge is -2.34. The van der Waals surface area contributed by atoms with Gasteiger partial charge >= 0.3 is 0 Å². The summed E-state index contributed by atoms with van der Waals surface area (Å²) in [7, 11) is 1.64. The molecule has 0 unspecified atom stereocenters. The second-order valence-electron chi connectivity index (χ2n) is 5.40. The molecule has 2 N–H and O–H groups in total. The fraction of sp³-hybridized carbons (Fsp3) is 0.667. The van der Waals surface area contributed by atoms with Crippen LogP contribution in [-0.2, 0) is 9.53 Å². The number of ether oxygens (including phenoxy) is 1. The molecule has 1 saturated heterocycles. The van der Waals surface area contributed by atoms with Gasteiger partial charge in [0.1, 0.15) is 0 Å². The summed E-state index contributed by atoms with van der Waals surface area (Å²) in [6.45, 7) is 6.92. The van der Waals surface area contributed by atoms with Gasteiger partial charge in [-0.15, -0.1) is 37.2 Å². The Morgan fingerprint density at radius 2 is 1.77 bits per heavy atom. The van der Waals surface area contributed by atoms with E-state index in [2.05, 4.69) is 30.4 Å². The van der Waals surface area contributed by atoms with Crippen molar-refractivity contribution in [3.05, 3.63) is 18.5 Å². The largest absolute Gasteiger partial charge is 0.383 e. The standard InChI is InChI=1S/C15H26N6O2.3ClH/c1-23-12-6-16-13-14(22)17-5-7-20-8-10-21(11-9-20)15-18-3-2-4-19-15;;;/h2-4,16H,5-13H2,1H3,(H,17,22);3*1H. The van der Waals surface area contributed by atoms with E-state index >= 15 is 0 Å². The van der Waals surface area contributed by atoms with E-state index in [1.54, 1.807) is 19.5 Å². The number of nitrogens with one attached hydrogen (secondary N) is 2. The summed E-state index contributed by atoms with van der Waals surface area (Å²) in [6, 6.07) is 1.83. The number of rotatable bonds is 9. The van der Waals surface area contributed by atoms with E-state index in [4.69, 9.17) is 4.74 Å². The molecule has 1 aliphatic rings. The Kier molecular flexibility index (Phi) is 17.1. The first kappa shape index (κ1) is 27.3. The minimum Gasteiger partial charge on any atom is -0.383 e. The van der Waals surface area contributed by atoms with Crippen LogP contribution in [0.15, 0.2) is 18.5 Å². The Balaban J connectivity index is 0. The first-order valence-corrected chi connectivity index (χ1v) is 8.00. The molecule has 1 aliphatic heterocycles. The van der Waals surface area contributed by atoms with Crippen LogP contribution < -0.4 is 15.5 Å². The maximum absolute atomic E-state index is 11.6. The van der Waals surface area contributed by atoms with Gasteiger partial charge in [0.2, 0.25) is 11.9 Å². The predicted molar refractivity (Wildman–Crippen MR) is 110 cm³/mol. The average molecular weight is 432 g/mol. The second kappa shape index (κ2) is 16.3. The quantitative estimate of drug-likeness (QED) is 0.541. The maximum atomic E-state index is 11.6. The van der Waals surface area contributed by atoms with Crippen molar-refractivity contribution in [2.75, 3.05) is 71.0 Å². The van der Waals surface area contributed by atoms with E-state index in [1.165, 1.54) is 0 Å². The predicted octanol–water partition coefficient (Wildman–Crippen LogP) is 0.216. The Morgan fingerprint density at radius 3 is 2.38 bits per heavy atom. The highest BCUT2D eigenvalue weighted by molar-refractivity contribution is 5.86. The third-order valence-corrected chi connectivity index (χ3v) is 3.73. The van der Waals surface area contributed by atoms with Gasteiger partial charge in [-0.3, -0.25) is 9.69 Å². The third kappa shape index (κ3) is 10.3. The van der Waals surface area contributed by atoms with Crippen molar-refractivity contribution in [2.24, 2.45) is 0 Å². The lowest BCUT2D eigenvalue weighted by Crippen LogP contribution is -2.49. The molecule has 1 aromatic heterocycles. The minimum absolute atomic E-state index is 0. The molecule has 0 aliphatic carbocycles. The van der Waals surface area contributed by atoms with Crippen molar-refractivity contribution in [1.82, 2.24) is 25.5 Å². The summed E-state index contributed by atoms with van der Waals surface area (Å²) < 4.78 is 4.91. The summed E-state index contributed by atoms with van der Waals surface area (Å²) in [5, 5.41) is 5.95. The molecule has 1 amide bonds. The monoisotopic (exact) mass is 430 g/mol. The molecule has 26 heavy (non-hydrogen) atoms. The first-order chi connectivity index (χ1) is 11.3. The second-order valence-corrected chi connectivity index (χ2v) is 5.40. The van der Waals surface area contributed by atoms with Crippen LogP contribution in [0.4, 0.5) is 5.95 Å². The highest BCUT2D eigenvalue weighted by Crippen LogP contribution is 2.08. The number of halogens is 3. The van der Waals surface area contributed by atoms with Crippen molar-refractivity contribution in [2.45, 2.75) is 0 Å². The molecule has 11 heteroatoms. The zero-order chi connectivity index (χ0) is 16.3. The number of amides is 1. The maximum Gasteiger partial charge on any atom is 0.234 e. The molecule has 0 aromatic carbocycles. The number of carbonyl (C=O) groups excluding carboxylic acids is 1. The van der Waals surface area contributed by atoms with Crippen LogP contribution in [0.5, 0.6) is 0 Å². The number of nitrogens with zero attached hydrogens (tertiary/aromatic N) is 4. The van der Waals surface area contributed by atoms with Gasteiger partial charge in [-0.25, -0.2) is 9.97 Å². The Labute approximate surface area is 173 Å². The van der Waals surface area contributed by atoms with Gasteiger partial charge in [0, 0.05) is 65.3 Å². The number of aromatic nitrogens is 2. The molecule has 2 rings (SSSR count). The number of anilines is 1. The normalized spacial score (nSPS) is 13.8. The SMILES string of the molecule is COCCNCC(=O)NCCN1CCN(c2ncccn2)CC1.Cl.Cl.Cl. The number of hydrogen-bond acceptors (Lipinski definition) is 7. The molecule has 1 fully saturated rings. The van der Waals surface area contributed by atoms with Crippen LogP contribution >= 0.6 is 37.2 Å². The smallest absolute Gasteiger partial charge is 0.234 e. The van der Waals surface area contributed by atoms with E-state index in [-0.39, 0.29) is 43.1 Å². The molecular formula is C15H29Cl3N6O2. The van der Waals surface area contributed by atoms with Gasteiger partial charge in [-0.2, -0.15) is 0 Å². The highest BCUT2D eigenvalue weighted by atomic mass is 35.5. The molecule has 0 saturated carbocycles. The molecule has 152 valence electrons. The van der Waals surface area contributed by atoms with Gasteiger partial charge in [-0.05, 0) is 6.07 Å². The van der Waals surface area contributed by atoms with Gasteiger partial charge in [0.25, 0.3) is 0 Å². The van der Waals surface area contributed by atoms with E-state index in [0.29, 0.717) is 26.2 Å². The van der Waals surface area contributed by atoms with Gasteiger partial charge < -0.3 is 20.3 Å². The number of piperazine rings is 1. The van der Waals surface area contributed by atoms with Gasteiger partial charge in [0.15, 0.2) is 0 Å². The molecule has 0 spiro atoms. The summed E-state index contributed by atoms with van der Waals surface area (Å²) in [6.07, 6.45) is 3.54. The van der Waals surface area contributed by atoms with Crippen LogP contribution in [0.1, 0.15) is 0 Å². The molecule has 2 heterocycles. The molecule has 0 radical (unpaired) electrons. The van der Waals surface area contributed by atoms with Gasteiger partial charge in [-0.1, -0.05) is 0 Å². The lowest BCUT2D eigenvalue weighted by molar-refractivity contribution is -0.120. The van der Waals surface area contributed by atoms with Gasteiger partial charge in [0.05, 0.1) is 13.2 Å². The fourth-order valence-corrected chi connectivity index (χ4v) is 2.42. The molecular weight excluding hydrogens is 403 g/mol. The third-order valence-electron chi connectivity index (χ3n) is 3.73. The number of methoxy groups -OCH3 is 1. The first-order valence-electron chi connectivity index (χ1n) is 8.00. The fourth-order valence-electron chi connectivity index (χ4n) is 2.42. The molecule has 0 atom stereocenters. The highest BCUT2D eigenvalue weighted by Gasteiger charge is 2.18. The van der Waals surface area contributed by atoms with E-state index in [0.717, 1.165) is 38.7 Å². The van der Waals surface area contributed by atoms with Crippen LogP contribution in [0.3, 0.4) is 0 Å². The van der Waals surface area contributed by atoms with Crippen molar-refractivity contribution >= 4 is 49.1 Å². The molecule has 8 nitrogen and oxygen atoms in total. The Morgan fingerprint density at radius 1 is 1.12 bits per heavy atom. The number of hydrogen-bond donors (Lipinski definition) is 2. The van der Waals surface area contributed by atoms with E-state index < -0.39 is 0 Å².